The van der Waals surface area contributed by atoms with Crippen molar-refractivity contribution in [1.29, 1.82) is 0 Å². The van der Waals surface area contributed by atoms with Crippen molar-refractivity contribution in [1.82, 2.24) is 9.62 Å². The zero-order valence-electron chi connectivity index (χ0n) is 14.2. The highest BCUT2D eigenvalue weighted by atomic mass is 35.5. The summed E-state index contributed by atoms with van der Waals surface area (Å²) < 4.78 is 27.0. The molecule has 1 unspecified atom stereocenters. The van der Waals surface area contributed by atoms with E-state index in [1.165, 1.54) is 0 Å². The number of hydrogen-bond donors (Lipinski definition) is 2. The fourth-order valence-electron chi connectivity index (χ4n) is 3.36. The summed E-state index contributed by atoms with van der Waals surface area (Å²) >= 11 is 0. The largest absolute Gasteiger partial charge is 0.326 e. The fraction of sp³-hybridized carbons (Fsp3) is 0.588. The molecule has 2 aliphatic rings. The van der Waals surface area contributed by atoms with Gasteiger partial charge >= 0.3 is 0 Å². The van der Waals surface area contributed by atoms with Gasteiger partial charge in [0.2, 0.25) is 15.9 Å². The van der Waals surface area contributed by atoms with Crippen LogP contribution in [0.3, 0.4) is 0 Å². The molecule has 1 aromatic rings. The number of amides is 1. The number of sulfonamides is 1. The van der Waals surface area contributed by atoms with Crippen LogP contribution in [0.5, 0.6) is 0 Å². The van der Waals surface area contributed by atoms with Crippen molar-refractivity contribution in [2.45, 2.75) is 49.5 Å². The van der Waals surface area contributed by atoms with E-state index in [0.29, 0.717) is 25.2 Å². The maximum absolute atomic E-state index is 12.7. The predicted molar refractivity (Wildman–Crippen MR) is 101 cm³/mol. The van der Waals surface area contributed by atoms with Crippen LogP contribution in [-0.4, -0.2) is 44.3 Å². The number of hydrogen-bond acceptors (Lipinski definition) is 4. The van der Waals surface area contributed by atoms with Gasteiger partial charge in [-0.1, -0.05) is 12.5 Å². The molecule has 0 aliphatic carbocycles. The number of nitrogens with zero attached hydrogens (tertiary/aromatic N) is 1. The summed E-state index contributed by atoms with van der Waals surface area (Å²) in [6.07, 6.45) is 5.42. The van der Waals surface area contributed by atoms with E-state index in [0.717, 1.165) is 38.6 Å². The van der Waals surface area contributed by atoms with Crippen LogP contribution < -0.4 is 10.6 Å². The van der Waals surface area contributed by atoms with Crippen molar-refractivity contribution >= 4 is 34.0 Å². The van der Waals surface area contributed by atoms with Crippen LogP contribution in [0.15, 0.2) is 29.2 Å². The van der Waals surface area contributed by atoms with Gasteiger partial charge in [-0.2, -0.15) is 4.31 Å². The second kappa shape index (κ2) is 8.98. The standard InChI is InChI=1S/C17H25N3O3S.ClH/c21-17(13-14-7-5-9-18-14)19-15-6-4-8-16(12-15)24(22,23)20-10-2-1-3-11-20;/h4,6,8,12,14,18H,1-3,5,7,9-11,13H2,(H,19,21);1H. The van der Waals surface area contributed by atoms with Gasteiger partial charge in [-0.15, -0.1) is 12.4 Å². The summed E-state index contributed by atoms with van der Waals surface area (Å²) in [4.78, 5) is 12.4. The Morgan fingerprint density at radius 2 is 1.96 bits per heavy atom. The average Bonchev–Trinajstić information content (AvgIpc) is 3.08. The molecule has 0 radical (unpaired) electrons. The lowest BCUT2D eigenvalue weighted by Gasteiger charge is -2.26. The quantitative estimate of drug-likeness (QED) is 0.812. The van der Waals surface area contributed by atoms with Gasteiger partial charge in [-0.25, -0.2) is 8.42 Å². The highest BCUT2D eigenvalue weighted by Gasteiger charge is 2.26. The summed E-state index contributed by atoms with van der Waals surface area (Å²) in [7, 11) is -3.47. The minimum absolute atomic E-state index is 0. The monoisotopic (exact) mass is 387 g/mol. The first kappa shape index (κ1) is 20.2. The molecule has 140 valence electrons. The van der Waals surface area contributed by atoms with E-state index in [2.05, 4.69) is 10.6 Å². The third-order valence-corrected chi connectivity index (χ3v) is 6.56. The molecule has 2 N–H and O–H groups in total. The molecule has 1 aromatic carbocycles. The van der Waals surface area contributed by atoms with Gasteiger partial charge in [0.05, 0.1) is 4.90 Å². The summed E-state index contributed by atoms with van der Waals surface area (Å²) in [5, 5.41) is 6.11. The summed E-state index contributed by atoms with van der Waals surface area (Å²) in [6.45, 7) is 2.11. The lowest BCUT2D eigenvalue weighted by atomic mass is 10.1. The van der Waals surface area contributed by atoms with Crippen LogP contribution in [0.25, 0.3) is 0 Å². The molecule has 2 aliphatic heterocycles. The van der Waals surface area contributed by atoms with Crippen molar-refractivity contribution in [2.24, 2.45) is 0 Å². The topological polar surface area (TPSA) is 78.5 Å². The van der Waals surface area contributed by atoms with E-state index in [1.54, 1.807) is 28.6 Å². The molecule has 2 saturated heterocycles. The van der Waals surface area contributed by atoms with Crippen molar-refractivity contribution in [2.75, 3.05) is 25.0 Å². The molecule has 8 heteroatoms. The van der Waals surface area contributed by atoms with Crippen molar-refractivity contribution < 1.29 is 13.2 Å². The van der Waals surface area contributed by atoms with E-state index >= 15 is 0 Å². The number of carbonyl (C=O) groups is 1. The Labute approximate surface area is 155 Å². The number of piperidine rings is 1. The van der Waals surface area contributed by atoms with E-state index in [1.807, 2.05) is 0 Å². The molecule has 3 rings (SSSR count). The first-order valence-corrected chi connectivity index (χ1v) is 10.1. The molecule has 0 aromatic heterocycles. The number of nitrogens with one attached hydrogen (secondary N) is 2. The van der Waals surface area contributed by atoms with Gasteiger partial charge in [-0.05, 0) is 50.4 Å². The van der Waals surface area contributed by atoms with Crippen molar-refractivity contribution in [3.63, 3.8) is 0 Å². The maximum Gasteiger partial charge on any atom is 0.243 e. The molecule has 1 amide bonds. The molecule has 1 atom stereocenters. The first-order chi connectivity index (χ1) is 11.6. The van der Waals surface area contributed by atoms with Crippen LogP contribution in [0.1, 0.15) is 38.5 Å². The van der Waals surface area contributed by atoms with Crippen LogP contribution in [0.2, 0.25) is 0 Å². The van der Waals surface area contributed by atoms with Gasteiger partial charge < -0.3 is 10.6 Å². The highest BCUT2D eigenvalue weighted by Crippen LogP contribution is 2.23. The number of anilines is 1. The Morgan fingerprint density at radius 3 is 2.64 bits per heavy atom. The Morgan fingerprint density at radius 1 is 1.20 bits per heavy atom. The Kier molecular flexibility index (Phi) is 7.25. The van der Waals surface area contributed by atoms with E-state index in [4.69, 9.17) is 0 Å². The number of rotatable bonds is 5. The minimum Gasteiger partial charge on any atom is -0.326 e. The Balaban J connectivity index is 0.00000225. The molecule has 25 heavy (non-hydrogen) atoms. The van der Waals surface area contributed by atoms with Gasteiger partial charge in [-0.3, -0.25) is 4.79 Å². The minimum atomic E-state index is -3.47. The molecule has 0 spiro atoms. The lowest BCUT2D eigenvalue weighted by Crippen LogP contribution is -2.35. The highest BCUT2D eigenvalue weighted by molar-refractivity contribution is 7.89. The Bertz CT molecular complexity index is 684. The normalized spacial score (nSPS) is 21.5. The van der Waals surface area contributed by atoms with E-state index in [9.17, 15) is 13.2 Å². The maximum atomic E-state index is 12.7. The number of halogens is 1. The average molecular weight is 388 g/mol. The fourth-order valence-corrected chi connectivity index (χ4v) is 4.92. The van der Waals surface area contributed by atoms with E-state index in [-0.39, 0.29) is 29.3 Å². The molecule has 0 saturated carbocycles. The van der Waals surface area contributed by atoms with Crippen molar-refractivity contribution in [3.05, 3.63) is 24.3 Å². The molecule has 6 nitrogen and oxygen atoms in total. The predicted octanol–water partition coefficient (Wildman–Crippen LogP) is 2.36. The molecular formula is C17H26ClN3O3S. The van der Waals surface area contributed by atoms with Gasteiger partial charge in [0, 0.05) is 31.2 Å². The molecule has 2 fully saturated rings. The Hall–Kier alpha value is -1.15. The van der Waals surface area contributed by atoms with Gasteiger partial charge in [0.25, 0.3) is 0 Å². The van der Waals surface area contributed by atoms with Crippen molar-refractivity contribution in [3.8, 4) is 0 Å². The molecule has 0 bridgehead atoms. The van der Waals surface area contributed by atoms with Crippen LogP contribution in [0.4, 0.5) is 5.69 Å². The van der Waals surface area contributed by atoms with Crippen LogP contribution >= 0.6 is 12.4 Å². The zero-order valence-corrected chi connectivity index (χ0v) is 15.9. The zero-order chi connectivity index (χ0) is 17.0. The lowest BCUT2D eigenvalue weighted by molar-refractivity contribution is -0.116. The van der Waals surface area contributed by atoms with Gasteiger partial charge in [0.1, 0.15) is 0 Å². The number of benzene rings is 1. The second-order valence-electron chi connectivity index (χ2n) is 6.54. The third-order valence-electron chi connectivity index (χ3n) is 4.66. The molecular weight excluding hydrogens is 362 g/mol. The summed E-state index contributed by atoms with van der Waals surface area (Å²) in [5.74, 6) is -0.0816. The summed E-state index contributed by atoms with van der Waals surface area (Å²) in [5.41, 5.74) is 0.538. The SMILES string of the molecule is Cl.O=C(CC1CCCN1)Nc1cccc(S(=O)(=O)N2CCCCC2)c1. The summed E-state index contributed by atoms with van der Waals surface area (Å²) in [6, 6.07) is 6.79. The number of carbonyl (C=O) groups excluding carboxylic acids is 1. The van der Waals surface area contributed by atoms with E-state index < -0.39 is 10.0 Å². The van der Waals surface area contributed by atoms with Crippen LogP contribution in [-0.2, 0) is 14.8 Å². The van der Waals surface area contributed by atoms with Crippen LogP contribution in [0, 0.1) is 0 Å². The first-order valence-electron chi connectivity index (χ1n) is 8.69. The second-order valence-corrected chi connectivity index (χ2v) is 8.48. The smallest absolute Gasteiger partial charge is 0.243 e. The van der Waals surface area contributed by atoms with Gasteiger partial charge in [0.15, 0.2) is 0 Å². The third kappa shape index (κ3) is 5.17. The molecule has 2 heterocycles.